The van der Waals surface area contributed by atoms with Gasteiger partial charge in [0.25, 0.3) is 0 Å². The van der Waals surface area contributed by atoms with Gasteiger partial charge in [0.2, 0.25) is 0 Å². The summed E-state index contributed by atoms with van der Waals surface area (Å²) in [5.74, 6) is 1.50. The van der Waals surface area contributed by atoms with Crippen LogP contribution in [0.5, 0.6) is 11.5 Å². The third kappa shape index (κ3) is 5.85. The largest absolute Gasteiger partial charge is 0.490 e. The third-order valence-electron chi connectivity index (χ3n) is 7.34. The van der Waals surface area contributed by atoms with Gasteiger partial charge in [-0.15, -0.1) is 0 Å². The zero-order chi connectivity index (χ0) is 25.1. The van der Waals surface area contributed by atoms with Gasteiger partial charge in [-0.2, -0.15) is 0 Å². The van der Waals surface area contributed by atoms with Crippen LogP contribution < -0.4 is 9.47 Å². The monoisotopic (exact) mass is 500 g/mol. The lowest BCUT2D eigenvalue weighted by Crippen LogP contribution is -2.55. The quantitative estimate of drug-likeness (QED) is 0.436. The number of hydrogen-bond donors (Lipinski definition) is 4. The lowest BCUT2D eigenvalue weighted by atomic mass is 9.90. The minimum Gasteiger partial charge on any atom is -0.490 e. The molecule has 2 aromatic rings. The van der Waals surface area contributed by atoms with Crippen molar-refractivity contribution in [1.29, 1.82) is 0 Å². The van der Waals surface area contributed by atoms with Gasteiger partial charge < -0.3 is 39.4 Å². The van der Waals surface area contributed by atoms with Crippen LogP contribution in [0.3, 0.4) is 0 Å². The molecule has 36 heavy (non-hydrogen) atoms. The van der Waals surface area contributed by atoms with E-state index in [9.17, 15) is 20.4 Å². The molecule has 8 nitrogen and oxygen atoms in total. The predicted octanol–water partition coefficient (Wildman–Crippen LogP) is 2.28. The van der Waals surface area contributed by atoms with Crippen molar-refractivity contribution in [3.05, 3.63) is 59.2 Å². The van der Waals surface area contributed by atoms with Crippen molar-refractivity contribution in [2.24, 2.45) is 0 Å². The zero-order valence-electron chi connectivity index (χ0n) is 20.4. The van der Waals surface area contributed by atoms with Gasteiger partial charge >= 0.3 is 0 Å². The lowest BCUT2D eigenvalue weighted by Gasteiger charge is -2.40. The second kappa shape index (κ2) is 11.5. The molecule has 0 amide bonds. The van der Waals surface area contributed by atoms with E-state index in [0.717, 1.165) is 55.6 Å². The van der Waals surface area contributed by atoms with Crippen molar-refractivity contribution in [3.63, 3.8) is 0 Å². The number of aliphatic hydroxyl groups is 4. The molecule has 196 valence electrons. The Bertz CT molecular complexity index is 982. The van der Waals surface area contributed by atoms with Crippen molar-refractivity contribution in [2.75, 3.05) is 19.8 Å². The molecule has 1 saturated carbocycles. The Labute approximate surface area is 211 Å². The van der Waals surface area contributed by atoms with Crippen molar-refractivity contribution in [3.8, 4) is 11.5 Å². The Morgan fingerprint density at radius 2 is 1.53 bits per heavy atom. The minimum absolute atomic E-state index is 0.0985. The lowest BCUT2D eigenvalue weighted by molar-refractivity contribution is -0.231. The van der Waals surface area contributed by atoms with Gasteiger partial charge in [-0.1, -0.05) is 18.2 Å². The molecule has 0 radical (unpaired) electrons. The Hall–Kier alpha value is -2.20. The van der Waals surface area contributed by atoms with Crippen LogP contribution in [0.15, 0.2) is 42.5 Å². The number of hydrogen-bond acceptors (Lipinski definition) is 8. The van der Waals surface area contributed by atoms with E-state index in [0.29, 0.717) is 24.3 Å². The molecule has 2 aliphatic heterocycles. The van der Waals surface area contributed by atoms with Crippen LogP contribution in [-0.2, 0) is 15.9 Å². The maximum atomic E-state index is 10.7. The molecule has 3 aliphatic rings. The second-order valence-electron chi connectivity index (χ2n) is 10.1. The van der Waals surface area contributed by atoms with Crippen LogP contribution in [0.4, 0.5) is 0 Å². The highest BCUT2D eigenvalue weighted by Gasteiger charge is 2.44. The molecule has 2 unspecified atom stereocenters. The first-order valence-corrected chi connectivity index (χ1v) is 12.9. The number of ether oxygens (including phenoxy) is 4. The summed E-state index contributed by atoms with van der Waals surface area (Å²) in [5, 5.41) is 40.8. The molecule has 0 spiro atoms. The van der Waals surface area contributed by atoms with Crippen LogP contribution in [0.25, 0.3) is 0 Å². The summed E-state index contributed by atoms with van der Waals surface area (Å²) in [7, 11) is 0. The standard InChI is InChI=1S/C28H36O8/c29-15-24-25(30)26(31)27(32)28(36-24)19-12-18(13-23(14-19)35-20-3-1-2-4-20)11-17-5-7-21(8-6-17)34-22-9-10-33-16-22/h5-8,12-14,20,22,24-32H,1-4,9-11,15-16H2/t22?,24?,25-,26+,27-,28+/m1/s1. The Kier molecular flexibility index (Phi) is 8.10. The first-order chi connectivity index (χ1) is 17.5. The average Bonchev–Trinajstić information content (AvgIpc) is 3.58. The average molecular weight is 501 g/mol. The Morgan fingerprint density at radius 3 is 2.22 bits per heavy atom. The number of rotatable bonds is 8. The van der Waals surface area contributed by atoms with Crippen LogP contribution in [0.1, 0.15) is 54.9 Å². The molecule has 1 aliphatic carbocycles. The summed E-state index contributed by atoms with van der Waals surface area (Å²) in [6, 6.07) is 13.7. The molecule has 4 N–H and O–H groups in total. The summed E-state index contributed by atoms with van der Waals surface area (Å²) < 4.78 is 23.5. The summed E-state index contributed by atoms with van der Waals surface area (Å²) in [6.07, 6.45) is 0.0435. The zero-order valence-corrected chi connectivity index (χ0v) is 20.4. The Morgan fingerprint density at radius 1 is 0.778 bits per heavy atom. The van der Waals surface area contributed by atoms with Crippen LogP contribution in [0.2, 0.25) is 0 Å². The van der Waals surface area contributed by atoms with Crippen molar-refractivity contribution < 1.29 is 39.4 Å². The summed E-state index contributed by atoms with van der Waals surface area (Å²) >= 11 is 0. The summed E-state index contributed by atoms with van der Waals surface area (Å²) in [4.78, 5) is 0. The fourth-order valence-corrected chi connectivity index (χ4v) is 5.32. The molecular formula is C28H36O8. The maximum absolute atomic E-state index is 10.7. The van der Waals surface area contributed by atoms with E-state index < -0.39 is 37.1 Å². The topological polar surface area (TPSA) is 118 Å². The van der Waals surface area contributed by atoms with Gasteiger partial charge in [-0.3, -0.25) is 0 Å². The van der Waals surface area contributed by atoms with E-state index in [2.05, 4.69) is 0 Å². The number of benzene rings is 2. The molecule has 6 atom stereocenters. The van der Waals surface area contributed by atoms with Gasteiger partial charge in [0, 0.05) is 6.42 Å². The highest BCUT2D eigenvalue weighted by Crippen LogP contribution is 2.36. The van der Waals surface area contributed by atoms with E-state index >= 15 is 0 Å². The Balaban J connectivity index is 1.37. The van der Waals surface area contributed by atoms with Crippen LogP contribution >= 0.6 is 0 Å². The van der Waals surface area contributed by atoms with Gasteiger partial charge in [-0.25, -0.2) is 0 Å². The second-order valence-corrected chi connectivity index (χ2v) is 10.1. The highest BCUT2D eigenvalue weighted by molar-refractivity contribution is 5.40. The van der Waals surface area contributed by atoms with Crippen LogP contribution in [-0.4, -0.2) is 76.9 Å². The van der Waals surface area contributed by atoms with Gasteiger partial charge in [0.15, 0.2) is 0 Å². The van der Waals surface area contributed by atoms with Gasteiger partial charge in [-0.05, 0) is 73.1 Å². The fourth-order valence-electron chi connectivity index (χ4n) is 5.32. The molecule has 5 rings (SSSR count). The van der Waals surface area contributed by atoms with E-state index in [4.69, 9.17) is 18.9 Å². The van der Waals surface area contributed by atoms with E-state index in [-0.39, 0.29) is 12.2 Å². The minimum atomic E-state index is -1.43. The van der Waals surface area contributed by atoms with Crippen LogP contribution in [0, 0.1) is 0 Å². The van der Waals surface area contributed by atoms with Gasteiger partial charge in [0.1, 0.15) is 48.1 Å². The third-order valence-corrected chi connectivity index (χ3v) is 7.34. The smallest absolute Gasteiger partial charge is 0.124 e. The predicted molar refractivity (Wildman–Crippen MR) is 131 cm³/mol. The normalized spacial score (nSPS) is 31.0. The van der Waals surface area contributed by atoms with Crippen molar-refractivity contribution in [1.82, 2.24) is 0 Å². The summed E-state index contributed by atoms with van der Waals surface area (Å²) in [5.41, 5.74) is 2.69. The molecule has 8 heteroatoms. The molecule has 0 aromatic heterocycles. The SMILES string of the molecule is OCC1O[C@@H](c2cc(Cc3ccc(OC4CCOC4)cc3)cc(OC3CCCC3)c2)[C@H](O)[C@@H](O)[C@@H]1O. The maximum Gasteiger partial charge on any atom is 0.124 e. The van der Waals surface area contributed by atoms with Crippen molar-refractivity contribution in [2.45, 2.75) is 81.3 Å². The number of aliphatic hydroxyl groups excluding tert-OH is 4. The van der Waals surface area contributed by atoms with E-state index in [1.54, 1.807) is 0 Å². The van der Waals surface area contributed by atoms with E-state index in [1.807, 2.05) is 42.5 Å². The van der Waals surface area contributed by atoms with E-state index in [1.165, 1.54) is 0 Å². The molecule has 0 bridgehead atoms. The molecule has 3 fully saturated rings. The molecular weight excluding hydrogens is 464 g/mol. The molecule has 2 aromatic carbocycles. The van der Waals surface area contributed by atoms with Crippen molar-refractivity contribution >= 4 is 0 Å². The van der Waals surface area contributed by atoms with Gasteiger partial charge in [0.05, 0.1) is 25.9 Å². The highest BCUT2D eigenvalue weighted by atomic mass is 16.6. The summed E-state index contributed by atoms with van der Waals surface area (Å²) in [6.45, 7) is 0.892. The molecule has 2 heterocycles. The first-order valence-electron chi connectivity index (χ1n) is 12.9. The molecule has 2 saturated heterocycles. The first kappa shape index (κ1) is 25.4. The fraction of sp³-hybridized carbons (Fsp3) is 0.571.